The summed E-state index contributed by atoms with van der Waals surface area (Å²) in [5.41, 5.74) is 2.65. The number of nitrogens with zero attached hydrogens (tertiary/aromatic N) is 1. The van der Waals surface area contributed by atoms with Gasteiger partial charge in [0.1, 0.15) is 5.01 Å². The molecule has 0 atom stereocenters. The fourth-order valence-corrected chi connectivity index (χ4v) is 2.70. The topological polar surface area (TPSA) is 24.9 Å². The highest BCUT2D eigenvalue weighted by atomic mass is 32.1. The zero-order valence-corrected chi connectivity index (χ0v) is 12.8. The van der Waals surface area contributed by atoms with Gasteiger partial charge >= 0.3 is 0 Å². The average molecular weight is 274 g/mol. The fraction of sp³-hybridized carbons (Fsp3) is 0.438. The number of aryl methyl sites for hydroxylation is 2. The fourth-order valence-electron chi connectivity index (χ4n) is 1.99. The second-order valence-corrected chi connectivity index (χ2v) is 6.55. The first-order valence-electron chi connectivity index (χ1n) is 6.75. The molecule has 1 aromatic heterocycles. The lowest BCUT2D eigenvalue weighted by molar-refractivity contribution is 0.360. The summed E-state index contributed by atoms with van der Waals surface area (Å²) < 4.78 is 0. The van der Waals surface area contributed by atoms with Gasteiger partial charge in [-0.25, -0.2) is 4.98 Å². The Balaban J connectivity index is 1.81. The highest BCUT2D eigenvalue weighted by Crippen LogP contribution is 2.16. The van der Waals surface area contributed by atoms with Gasteiger partial charge in [0, 0.05) is 23.2 Å². The second kappa shape index (κ2) is 6.31. The summed E-state index contributed by atoms with van der Waals surface area (Å²) >= 11 is 1.73. The van der Waals surface area contributed by atoms with E-state index in [1.807, 2.05) is 6.92 Å². The highest BCUT2D eigenvalue weighted by molar-refractivity contribution is 7.09. The summed E-state index contributed by atoms with van der Waals surface area (Å²) in [6, 6.07) is 10.7. The van der Waals surface area contributed by atoms with Gasteiger partial charge in [0.25, 0.3) is 0 Å². The van der Waals surface area contributed by atoms with Crippen molar-refractivity contribution in [1.29, 1.82) is 0 Å². The molecule has 1 N–H and O–H groups in total. The predicted molar refractivity (Wildman–Crippen MR) is 82.5 cm³/mol. The Bertz CT molecular complexity index is 502. The molecule has 0 aliphatic rings. The molecule has 3 heteroatoms. The van der Waals surface area contributed by atoms with Crippen molar-refractivity contribution in [3.63, 3.8) is 0 Å². The number of benzene rings is 1. The van der Waals surface area contributed by atoms with Crippen LogP contribution in [0.15, 0.2) is 35.7 Å². The molecule has 0 aliphatic carbocycles. The Kier molecular flexibility index (Phi) is 4.72. The number of aromatic nitrogens is 1. The summed E-state index contributed by atoms with van der Waals surface area (Å²) in [5, 5.41) is 6.88. The van der Waals surface area contributed by atoms with Crippen molar-refractivity contribution in [3.05, 3.63) is 52.0 Å². The van der Waals surface area contributed by atoms with Gasteiger partial charge in [-0.3, -0.25) is 0 Å². The molecule has 0 amide bonds. The molecule has 1 aromatic carbocycles. The van der Waals surface area contributed by atoms with Crippen LogP contribution < -0.4 is 5.32 Å². The standard InChI is InChI=1S/C16H22N2S/c1-13-12-19-15(18-13)11-17-16(2,3)10-9-14-7-5-4-6-8-14/h4-8,12,17H,9-11H2,1-3H3. The summed E-state index contributed by atoms with van der Waals surface area (Å²) in [6.45, 7) is 7.42. The van der Waals surface area contributed by atoms with E-state index in [0.717, 1.165) is 25.1 Å². The van der Waals surface area contributed by atoms with Crippen molar-refractivity contribution in [2.24, 2.45) is 0 Å². The number of thiazole rings is 1. The lowest BCUT2D eigenvalue weighted by atomic mass is 9.95. The van der Waals surface area contributed by atoms with Crippen LogP contribution in [0.1, 0.15) is 36.5 Å². The molecule has 0 saturated carbocycles. The van der Waals surface area contributed by atoms with E-state index in [4.69, 9.17) is 0 Å². The van der Waals surface area contributed by atoms with E-state index < -0.39 is 0 Å². The van der Waals surface area contributed by atoms with Crippen LogP contribution >= 0.6 is 11.3 Å². The Hall–Kier alpha value is -1.19. The quantitative estimate of drug-likeness (QED) is 0.862. The summed E-state index contributed by atoms with van der Waals surface area (Å²) in [7, 11) is 0. The zero-order chi connectivity index (χ0) is 13.7. The third-order valence-corrected chi connectivity index (χ3v) is 4.23. The minimum Gasteiger partial charge on any atom is -0.305 e. The first-order chi connectivity index (χ1) is 9.05. The maximum atomic E-state index is 4.49. The molecule has 0 fully saturated rings. The van der Waals surface area contributed by atoms with Crippen LogP contribution in [-0.4, -0.2) is 10.5 Å². The number of hydrogen-bond donors (Lipinski definition) is 1. The van der Waals surface area contributed by atoms with Crippen molar-refractivity contribution in [1.82, 2.24) is 10.3 Å². The predicted octanol–water partition coefficient (Wildman–Crippen LogP) is 3.95. The summed E-state index contributed by atoms with van der Waals surface area (Å²) in [5.74, 6) is 0. The Morgan fingerprint density at radius 3 is 2.58 bits per heavy atom. The van der Waals surface area contributed by atoms with Crippen LogP contribution in [0.4, 0.5) is 0 Å². The van der Waals surface area contributed by atoms with Gasteiger partial charge < -0.3 is 5.32 Å². The highest BCUT2D eigenvalue weighted by Gasteiger charge is 2.17. The monoisotopic (exact) mass is 274 g/mol. The Morgan fingerprint density at radius 1 is 1.21 bits per heavy atom. The molecule has 0 unspecified atom stereocenters. The third kappa shape index (κ3) is 4.77. The van der Waals surface area contributed by atoms with Crippen molar-refractivity contribution >= 4 is 11.3 Å². The summed E-state index contributed by atoms with van der Waals surface area (Å²) in [6.07, 6.45) is 2.24. The molecule has 2 rings (SSSR count). The molecular formula is C16H22N2S. The molecule has 2 nitrogen and oxygen atoms in total. The molecule has 0 radical (unpaired) electrons. The van der Waals surface area contributed by atoms with Crippen molar-refractivity contribution < 1.29 is 0 Å². The lowest BCUT2D eigenvalue weighted by Crippen LogP contribution is -2.39. The van der Waals surface area contributed by atoms with E-state index in [0.29, 0.717) is 0 Å². The largest absolute Gasteiger partial charge is 0.305 e. The van der Waals surface area contributed by atoms with Gasteiger partial charge in [0.15, 0.2) is 0 Å². The van der Waals surface area contributed by atoms with Crippen LogP contribution in [0.2, 0.25) is 0 Å². The van der Waals surface area contributed by atoms with Crippen LogP contribution in [-0.2, 0) is 13.0 Å². The Morgan fingerprint density at radius 2 is 1.95 bits per heavy atom. The number of hydrogen-bond acceptors (Lipinski definition) is 3. The van der Waals surface area contributed by atoms with Crippen molar-refractivity contribution in [3.8, 4) is 0 Å². The van der Waals surface area contributed by atoms with Crippen LogP contribution in [0.3, 0.4) is 0 Å². The lowest BCUT2D eigenvalue weighted by Gasteiger charge is -2.26. The van der Waals surface area contributed by atoms with Gasteiger partial charge in [-0.15, -0.1) is 11.3 Å². The van der Waals surface area contributed by atoms with E-state index in [2.05, 4.69) is 59.9 Å². The first-order valence-corrected chi connectivity index (χ1v) is 7.63. The number of nitrogens with one attached hydrogen (secondary N) is 1. The van der Waals surface area contributed by atoms with Gasteiger partial charge in [-0.2, -0.15) is 0 Å². The van der Waals surface area contributed by atoms with Gasteiger partial charge in [-0.1, -0.05) is 30.3 Å². The maximum absolute atomic E-state index is 4.49. The van der Waals surface area contributed by atoms with E-state index in [9.17, 15) is 0 Å². The minimum absolute atomic E-state index is 0.134. The van der Waals surface area contributed by atoms with E-state index in [1.54, 1.807) is 11.3 Å². The normalized spacial score (nSPS) is 11.7. The first kappa shape index (κ1) is 14.2. The zero-order valence-electron chi connectivity index (χ0n) is 11.9. The molecule has 0 bridgehead atoms. The van der Waals surface area contributed by atoms with Crippen molar-refractivity contribution in [2.45, 2.75) is 45.7 Å². The molecule has 2 aromatic rings. The molecule has 19 heavy (non-hydrogen) atoms. The van der Waals surface area contributed by atoms with E-state index in [-0.39, 0.29) is 5.54 Å². The van der Waals surface area contributed by atoms with E-state index in [1.165, 1.54) is 10.6 Å². The molecular weight excluding hydrogens is 252 g/mol. The van der Waals surface area contributed by atoms with Crippen molar-refractivity contribution in [2.75, 3.05) is 0 Å². The third-order valence-electron chi connectivity index (χ3n) is 3.27. The summed E-state index contributed by atoms with van der Waals surface area (Å²) in [4.78, 5) is 4.49. The van der Waals surface area contributed by atoms with E-state index >= 15 is 0 Å². The molecule has 1 heterocycles. The molecule has 0 aliphatic heterocycles. The van der Waals surface area contributed by atoms with Crippen LogP contribution in [0, 0.1) is 6.92 Å². The maximum Gasteiger partial charge on any atom is 0.107 e. The van der Waals surface area contributed by atoms with Gasteiger partial charge in [0.2, 0.25) is 0 Å². The van der Waals surface area contributed by atoms with Crippen LogP contribution in [0.5, 0.6) is 0 Å². The SMILES string of the molecule is Cc1csc(CNC(C)(C)CCc2ccccc2)n1. The van der Waals surface area contributed by atoms with Crippen LogP contribution in [0.25, 0.3) is 0 Å². The second-order valence-electron chi connectivity index (χ2n) is 5.61. The number of rotatable bonds is 6. The minimum atomic E-state index is 0.134. The van der Waals surface area contributed by atoms with Gasteiger partial charge in [-0.05, 0) is 39.2 Å². The molecule has 0 spiro atoms. The average Bonchev–Trinajstić information content (AvgIpc) is 2.82. The molecule has 0 saturated heterocycles. The molecule has 102 valence electrons. The Labute approximate surface area is 119 Å². The smallest absolute Gasteiger partial charge is 0.107 e. The van der Waals surface area contributed by atoms with Gasteiger partial charge in [0.05, 0.1) is 0 Å².